The zero-order chi connectivity index (χ0) is 23.4. The first kappa shape index (κ1) is 22.8. The highest BCUT2D eigenvalue weighted by atomic mass is 19.4. The summed E-state index contributed by atoms with van der Waals surface area (Å²) in [5.74, 6) is -0.896. The Balaban J connectivity index is 1.61. The SMILES string of the molecule is Cn1cc(-c2cccc([C@H](NC(=O)c3cccc(OC(F)(F)F)c3)[C@@H]3CCCCN3)c2)cn1. The van der Waals surface area contributed by atoms with Gasteiger partial charge in [0.2, 0.25) is 0 Å². The maximum absolute atomic E-state index is 13.1. The van der Waals surface area contributed by atoms with E-state index in [1.165, 1.54) is 18.2 Å². The van der Waals surface area contributed by atoms with E-state index in [4.69, 9.17) is 0 Å². The molecule has 1 aromatic heterocycles. The molecule has 1 aliphatic rings. The molecule has 174 valence electrons. The summed E-state index contributed by atoms with van der Waals surface area (Å²) >= 11 is 0. The van der Waals surface area contributed by atoms with E-state index in [0.29, 0.717) is 0 Å². The third kappa shape index (κ3) is 5.92. The monoisotopic (exact) mass is 458 g/mol. The zero-order valence-electron chi connectivity index (χ0n) is 18.1. The summed E-state index contributed by atoms with van der Waals surface area (Å²) < 4.78 is 43.5. The highest BCUT2D eigenvalue weighted by Gasteiger charge is 2.32. The number of rotatable bonds is 6. The fourth-order valence-corrected chi connectivity index (χ4v) is 4.12. The number of aryl methyl sites for hydroxylation is 1. The van der Waals surface area contributed by atoms with Gasteiger partial charge in [0.1, 0.15) is 5.75 Å². The van der Waals surface area contributed by atoms with E-state index < -0.39 is 18.0 Å². The molecule has 1 amide bonds. The van der Waals surface area contributed by atoms with Crippen molar-refractivity contribution in [1.82, 2.24) is 20.4 Å². The van der Waals surface area contributed by atoms with Gasteiger partial charge in [-0.25, -0.2) is 0 Å². The summed E-state index contributed by atoms with van der Waals surface area (Å²) in [6, 6.07) is 12.6. The number of nitrogens with one attached hydrogen (secondary N) is 2. The lowest BCUT2D eigenvalue weighted by atomic mass is 9.91. The van der Waals surface area contributed by atoms with Gasteiger partial charge in [0.25, 0.3) is 5.91 Å². The number of halogens is 3. The van der Waals surface area contributed by atoms with Crippen LogP contribution < -0.4 is 15.4 Å². The molecule has 1 aliphatic heterocycles. The molecule has 1 saturated heterocycles. The molecule has 0 saturated carbocycles. The lowest BCUT2D eigenvalue weighted by Gasteiger charge is -2.32. The summed E-state index contributed by atoms with van der Waals surface area (Å²) in [5, 5.41) is 10.7. The van der Waals surface area contributed by atoms with E-state index in [-0.39, 0.29) is 17.6 Å². The number of amides is 1. The van der Waals surface area contributed by atoms with E-state index in [2.05, 4.69) is 20.5 Å². The minimum absolute atomic E-state index is 0.00135. The van der Waals surface area contributed by atoms with Crippen LogP contribution in [0, 0.1) is 0 Å². The normalized spacial score (nSPS) is 17.4. The Labute approximate surface area is 189 Å². The maximum Gasteiger partial charge on any atom is 0.573 e. The van der Waals surface area contributed by atoms with Crippen LogP contribution >= 0.6 is 0 Å². The van der Waals surface area contributed by atoms with Crippen molar-refractivity contribution < 1.29 is 22.7 Å². The molecule has 6 nitrogen and oxygen atoms in total. The Kier molecular flexibility index (Phi) is 6.69. The second kappa shape index (κ2) is 9.66. The highest BCUT2D eigenvalue weighted by molar-refractivity contribution is 5.95. The van der Waals surface area contributed by atoms with Crippen LogP contribution in [0.25, 0.3) is 11.1 Å². The lowest BCUT2D eigenvalue weighted by molar-refractivity contribution is -0.274. The van der Waals surface area contributed by atoms with Gasteiger partial charge < -0.3 is 15.4 Å². The number of alkyl halides is 3. The average Bonchev–Trinajstić information content (AvgIpc) is 3.23. The predicted octanol–water partition coefficient (Wildman–Crippen LogP) is 4.60. The van der Waals surface area contributed by atoms with Gasteiger partial charge in [-0.05, 0) is 54.8 Å². The second-order valence-electron chi connectivity index (χ2n) is 8.11. The van der Waals surface area contributed by atoms with E-state index >= 15 is 0 Å². The van der Waals surface area contributed by atoms with Gasteiger partial charge in [-0.3, -0.25) is 9.48 Å². The lowest BCUT2D eigenvalue weighted by Crippen LogP contribution is -2.46. The van der Waals surface area contributed by atoms with Crippen LogP contribution in [-0.4, -0.2) is 34.6 Å². The van der Waals surface area contributed by atoms with E-state index in [0.717, 1.165) is 48.6 Å². The first-order valence-electron chi connectivity index (χ1n) is 10.8. The Morgan fingerprint density at radius 1 is 1.18 bits per heavy atom. The molecule has 2 aromatic carbocycles. The molecule has 0 unspecified atom stereocenters. The van der Waals surface area contributed by atoms with Crippen molar-refractivity contribution >= 4 is 5.91 Å². The molecule has 9 heteroatoms. The van der Waals surface area contributed by atoms with Gasteiger partial charge in [-0.1, -0.05) is 30.7 Å². The number of nitrogens with zero attached hydrogens (tertiary/aromatic N) is 2. The Bertz CT molecular complexity index is 1110. The average molecular weight is 458 g/mol. The topological polar surface area (TPSA) is 68.2 Å². The van der Waals surface area contributed by atoms with Crippen LogP contribution in [0.15, 0.2) is 60.9 Å². The van der Waals surface area contributed by atoms with Crippen molar-refractivity contribution in [3.8, 4) is 16.9 Å². The molecule has 2 heterocycles. The summed E-state index contributed by atoms with van der Waals surface area (Å²) in [6.07, 6.45) is 1.83. The van der Waals surface area contributed by atoms with Crippen LogP contribution in [0.5, 0.6) is 5.75 Å². The number of ether oxygens (including phenoxy) is 1. The molecule has 0 spiro atoms. The molecule has 2 atom stereocenters. The van der Waals surface area contributed by atoms with Crippen LogP contribution in [0.1, 0.15) is 41.2 Å². The smallest absolute Gasteiger partial charge is 0.406 e. The Morgan fingerprint density at radius 2 is 2.00 bits per heavy atom. The minimum atomic E-state index is -4.82. The molecule has 4 rings (SSSR count). The zero-order valence-corrected chi connectivity index (χ0v) is 18.1. The number of aromatic nitrogens is 2. The quantitative estimate of drug-likeness (QED) is 0.567. The van der Waals surface area contributed by atoms with Gasteiger partial charge in [-0.2, -0.15) is 5.10 Å². The molecule has 0 radical (unpaired) electrons. The fourth-order valence-electron chi connectivity index (χ4n) is 4.12. The standard InChI is InChI=1S/C24H25F3N4O2/c1-31-15-19(14-29-31)16-6-4-7-17(12-16)22(21-10-2-3-11-28-21)30-23(32)18-8-5-9-20(13-18)33-24(25,26)27/h4-9,12-15,21-22,28H,2-3,10-11H2,1H3,(H,30,32)/t21-,22-/m0/s1. The molecule has 3 aromatic rings. The van der Waals surface area contributed by atoms with Gasteiger partial charge in [0.05, 0.1) is 12.2 Å². The third-order valence-corrected chi connectivity index (χ3v) is 5.65. The largest absolute Gasteiger partial charge is 0.573 e. The number of piperidine rings is 1. The first-order valence-corrected chi connectivity index (χ1v) is 10.8. The molecule has 1 fully saturated rings. The number of hydrogen-bond donors (Lipinski definition) is 2. The molecular weight excluding hydrogens is 433 g/mol. The third-order valence-electron chi connectivity index (χ3n) is 5.65. The van der Waals surface area contributed by atoms with Gasteiger partial charge in [0, 0.05) is 30.4 Å². The Morgan fingerprint density at radius 3 is 2.70 bits per heavy atom. The second-order valence-corrected chi connectivity index (χ2v) is 8.11. The summed E-state index contributed by atoms with van der Waals surface area (Å²) in [4.78, 5) is 13.1. The van der Waals surface area contributed by atoms with Crippen molar-refractivity contribution in [1.29, 1.82) is 0 Å². The minimum Gasteiger partial charge on any atom is -0.406 e. The van der Waals surface area contributed by atoms with Crippen molar-refractivity contribution in [2.24, 2.45) is 7.05 Å². The molecular formula is C24H25F3N4O2. The van der Waals surface area contributed by atoms with Crippen LogP contribution in [-0.2, 0) is 7.05 Å². The predicted molar refractivity (Wildman–Crippen MR) is 118 cm³/mol. The van der Waals surface area contributed by atoms with Gasteiger partial charge in [0.15, 0.2) is 0 Å². The maximum atomic E-state index is 13.1. The highest BCUT2D eigenvalue weighted by Crippen LogP contribution is 2.28. The van der Waals surface area contributed by atoms with E-state index in [1.54, 1.807) is 10.9 Å². The number of benzene rings is 2. The van der Waals surface area contributed by atoms with Crippen molar-refractivity contribution in [2.45, 2.75) is 37.7 Å². The van der Waals surface area contributed by atoms with Crippen molar-refractivity contribution in [2.75, 3.05) is 6.54 Å². The van der Waals surface area contributed by atoms with Gasteiger partial charge in [-0.15, -0.1) is 13.2 Å². The van der Waals surface area contributed by atoms with Crippen molar-refractivity contribution in [3.63, 3.8) is 0 Å². The number of hydrogen-bond acceptors (Lipinski definition) is 4. The van der Waals surface area contributed by atoms with E-state index in [9.17, 15) is 18.0 Å². The fraction of sp³-hybridized carbons (Fsp3) is 0.333. The number of carbonyl (C=O) groups is 1. The van der Waals surface area contributed by atoms with E-state index in [1.807, 2.05) is 37.5 Å². The molecule has 0 bridgehead atoms. The Hall–Kier alpha value is -3.33. The van der Waals surface area contributed by atoms with Gasteiger partial charge >= 0.3 is 6.36 Å². The summed E-state index contributed by atoms with van der Waals surface area (Å²) in [5.41, 5.74) is 2.93. The first-order chi connectivity index (χ1) is 15.8. The van der Waals surface area contributed by atoms with Crippen LogP contribution in [0.3, 0.4) is 0 Å². The van der Waals surface area contributed by atoms with Crippen molar-refractivity contribution in [3.05, 3.63) is 72.1 Å². The molecule has 2 N–H and O–H groups in total. The van der Waals surface area contributed by atoms with Crippen LogP contribution in [0.4, 0.5) is 13.2 Å². The number of carbonyl (C=O) groups excluding carboxylic acids is 1. The molecule has 33 heavy (non-hydrogen) atoms. The van der Waals surface area contributed by atoms with Crippen LogP contribution in [0.2, 0.25) is 0 Å². The molecule has 0 aliphatic carbocycles. The summed E-state index contributed by atoms with van der Waals surface area (Å²) in [7, 11) is 1.85. The summed E-state index contributed by atoms with van der Waals surface area (Å²) in [6.45, 7) is 0.842.